The van der Waals surface area contributed by atoms with Crippen LogP contribution in [0.1, 0.15) is 5.56 Å². The highest BCUT2D eigenvalue weighted by Gasteiger charge is 2.30. The van der Waals surface area contributed by atoms with Crippen LogP contribution in [-0.4, -0.2) is 9.91 Å². The monoisotopic (exact) mass is 334 g/mol. The highest BCUT2D eigenvalue weighted by atomic mass is 19.4. The number of nitrogens with one attached hydrogen (secondary N) is 1. The Kier molecular flexibility index (Phi) is 3.59. The van der Waals surface area contributed by atoms with E-state index in [1.54, 1.807) is 0 Å². The molecule has 0 saturated carbocycles. The molecule has 0 bridgehead atoms. The molecule has 122 valence electrons. The quantitative estimate of drug-likeness (QED) is 0.566. The van der Waals surface area contributed by atoms with E-state index in [0.29, 0.717) is 5.56 Å². The minimum Gasteiger partial charge on any atom is -0.321 e. The number of fused-ring (bicyclic) bond motifs is 1. The van der Waals surface area contributed by atoms with Gasteiger partial charge in [0.25, 0.3) is 11.2 Å². The number of benzene rings is 2. The second kappa shape index (κ2) is 5.48. The highest BCUT2D eigenvalue weighted by molar-refractivity contribution is 5.92. The summed E-state index contributed by atoms with van der Waals surface area (Å²) in [5.74, 6) is 0. The van der Waals surface area contributed by atoms with Gasteiger partial charge in [-0.2, -0.15) is 13.2 Å². The molecule has 0 fully saturated rings. The summed E-state index contributed by atoms with van der Waals surface area (Å²) >= 11 is 0. The number of pyridine rings is 1. The van der Waals surface area contributed by atoms with Gasteiger partial charge in [0.1, 0.15) is 0 Å². The fraction of sp³-hybridized carbons (Fsp3) is 0.0625. The number of hydrogen-bond acceptors (Lipinski definition) is 3. The molecular weight excluding hydrogens is 325 g/mol. The molecule has 0 spiro atoms. The fourth-order valence-corrected chi connectivity index (χ4v) is 2.43. The molecule has 1 heterocycles. The van der Waals surface area contributed by atoms with E-state index < -0.39 is 22.2 Å². The molecule has 0 aliphatic heterocycles. The van der Waals surface area contributed by atoms with Crippen LogP contribution in [-0.2, 0) is 6.18 Å². The number of aromatic amines is 1. The van der Waals surface area contributed by atoms with Crippen molar-refractivity contribution < 1.29 is 18.1 Å². The third-order valence-corrected chi connectivity index (χ3v) is 3.58. The van der Waals surface area contributed by atoms with Crippen LogP contribution in [0.25, 0.3) is 22.0 Å². The van der Waals surface area contributed by atoms with E-state index in [4.69, 9.17) is 0 Å². The lowest BCUT2D eigenvalue weighted by atomic mass is 10.0. The fourth-order valence-electron chi connectivity index (χ4n) is 2.43. The Morgan fingerprint density at radius 3 is 2.25 bits per heavy atom. The molecule has 0 aliphatic carbocycles. The molecule has 8 heteroatoms. The number of aromatic nitrogens is 1. The summed E-state index contributed by atoms with van der Waals surface area (Å²) in [5, 5.41) is 11.4. The third kappa shape index (κ3) is 2.73. The predicted octanol–water partition coefficient (Wildman–Crippen LogP) is 4.12. The number of H-pyrrole nitrogens is 1. The molecule has 5 nitrogen and oxygen atoms in total. The number of alkyl halides is 3. The van der Waals surface area contributed by atoms with Gasteiger partial charge in [-0.3, -0.25) is 14.9 Å². The van der Waals surface area contributed by atoms with Crippen molar-refractivity contribution in [3.63, 3.8) is 0 Å². The highest BCUT2D eigenvalue weighted by Crippen LogP contribution is 2.31. The summed E-state index contributed by atoms with van der Waals surface area (Å²) < 4.78 is 37.8. The molecule has 3 rings (SSSR count). The van der Waals surface area contributed by atoms with E-state index in [0.717, 1.165) is 12.1 Å². The molecule has 3 aromatic rings. The summed E-state index contributed by atoms with van der Waals surface area (Å²) in [6.07, 6.45) is -4.46. The van der Waals surface area contributed by atoms with Crippen LogP contribution in [0.2, 0.25) is 0 Å². The van der Waals surface area contributed by atoms with Gasteiger partial charge in [-0.05, 0) is 29.8 Å². The van der Waals surface area contributed by atoms with E-state index >= 15 is 0 Å². The summed E-state index contributed by atoms with van der Waals surface area (Å²) in [6, 6.07) is 9.67. The molecule has 0 saturated heterocycles. The Balaban J connectivity index is 2.19. The minimum atomic E-state index is -4.46. The Labute approximate surface area is 132 Å². The number of rotatable bonds is 2. The zero-order valence-electron chi connectivity index (χ0n) is 11.9. The van der Waals surface area contributed by atoms with E-state index in [2.05, 4.69) is 4.98 Å². The summed E-state index contributed by atoms with van der Waals surface area (Å²) in [6.45, 7) is 0. The van der Waals surface area contributed by atoms with Gasteiger partial charge in [0.05, 0.1) is 21.3 Å². The van der Waals surface area contributed by atoms with Crippen molar-refractivity contribution in [1.82, 2.24) is 4.98 Å². The second-order valence-corrected chi connectivity index (χ2v) is 5.08. The Morgan fingerprint density at radius 1 is 1.00 bits per heavy atom. The molecule has 0 atom stereocenters. The molecule has 0 amide bonds. The summed E-state index contributed by atoms with van der Waals surface area (Å²) in [4.78, 5) is 25.1. The van der Waals surface area contributed by atoms with E-state index in [1.165, 1.54) is 36.4 Å². The lowest BCUT2D eigenvalue weighted by molar-refractivity contribution is -0.383. The van der Waals surface area contributed by atoms with E-state index in [-0.39, 0.29) is 22.2 Å². The Bertz CT molecular complexity index is 992. The van der Waals surface area contributed by atoms with Crippen LogP contribution in [0, 0.1) is 10.1 Å². The first-order chi connectivity index (χ1) is 11.3. The van der Waals surface area contributed by atoms with Crippen LogP contribution in [0.3, 0.4) is 0 Å². The molecule has 1 aromatic heterocycles. The SMILES string of the molecule is O=c1[nH]c(-c2ccc(C(F)(F)F)cc2)cc2c([N+](=O)[O-])cccc12. The van der Waals surface area contributed by atoms with Crippen molar-refractivity contribution in [3.05, 3.63) is 74.6 Å². The second-order valence-electron chi connectivity index (χ2n) is 5.08. The third-order valence-electron chi connectivity index (χ3n) is 3.58. The van der Waals surface area contributed by atoms with Gasteiger partial charge in [-0.15, -0.1) is 0 Å². The molecule has 2 aromatic carbocycles. The minimum absolute atomic E-state index is 0.126. The van der Waals surface area contributed by atoms with Gasteiger partial charge in [0, 0.05) is 11.8 Å². The molecule has 0 unspecified atom stereocenters. The first kappa shape index (κ1) is 15.7. The van der Waals surface area contributed by atoms with Crippen molar-refractivity contribution >= 4 is 16.5 Å². The van der Waals surface area contributed by atoms with Crippen LogP contribution < -0.4 is 5.56 Å². The van der Waals surface area contributed by atoms with Gasteiger partial charge < -0.3 is 4.98 Å². The average molecular weight is 334 g/mol. The van der Waals surface area contributed by atoms with Crippen LogP contribution >= 0.6 is 0 Å². The van der Waals surface area contributed by atoms with Crippen LogP contribution in [0.5, 0.6) is 0 Å². The number of nitro benzene ring substituents is 1. The molecule has 0 aliphatic rings. The summed E-state index contributed by atoms with van der Waals surface area (Å²) in [7, 11) is 0. The number of nitro groups is 1. The van der Waals surface area contributed by atoms with Gasteiger partial charge in [-0.1, -0.05) is 18.2 Å². The first-order valence-electron chi connectivity index (χ1n) is 6.75. The topological polar surface area (TPSA) is 76.0 Å². The lowest BCUT2D eigenvalue weighted by Gasteiger charge is -2.08. The van der Waals surface area contributed by atoms with Gasteiger partial charge in [-0.25, -0.2) is 0 Å². The lowest BCUT2D eigenvalue weighted by Crippen LogP contribution is -2.08. The average Bonchev–Trinajstić information content (AvgIpc) is 2.53. The smallest absolute Gasteiger partial charge is 0.321 e. The maximum atomic E-state index is 12.6. The Morgan fingerprint density at radius 2 is 1.67 bits per heavy atom. The zero-order chi connectivity index (χ0) is 17.5. The number of hydrogen-bond donors (Lipinski definition) is 1. The van der Waals surface area contributed by atoms with Gasteiger partial charge >= 0.3 is 6.18 Å². The molecule has 1 N–H and O–H groups in total. The molecule has 0 radical (unpaired) electrons. The molecular formula is C16H9F3N2O3. The largest absolute Gasteiger partial charge is 0.416 e. The molecule has 24 heavy (non-hydrogen) atoms. The van der Waals surface area contributed by atoms with Crippen molar-refractivity contribution in [2.24, 2.45) is 0 Å². The maximum Gasteiger partial charge on any atom is 0.416 e. The normalized spacial score (nSPS) is 11.6. The van der Waals surface area contributed by atoms with Crippen molar-refractivity contribution in [2.75, 3.05) is 0 Å². The Hall–Kier alpha value is -3.16. The van der Waals surface area contributed by atoms with Crippen molar-refractivity contribution in [1.29, 1.82) is 0 Å². The van der Waals surface area contributed by atoms with Gasteiger partial charge in [0.2, 0.25) is 0 Å². The van der Waals surface area contributed by atoms with Crippen molar-refractivity contribution in [2.45, 2.75) is 6.18 Å². The number of non-ortho nitro benzene ring substituents is 1. The first-order valence-corrected chi connectivity index (χ1v) is 6.75. The zero-order valence-corrected chi connectivity index (χ0v) is 11.9. The van der Waals surface area contributed by atoms with E-state index in [1.807, 2.05) is 0 Å². The van der Waals surface area contributed by atoms with E-state index in [9.17, 15) is 28.1 Å². The predicted molar refractivity (Wildman–Crippen MR) is 81.7 cm³/mol. The summed E-state index contributed by atoms with van der Waals surface area (Å²) in [5.41, 5.74) is -1.09. The van der Waals surface area contributed by atoms with Crippen LogP contribution in [0.4, 0.5) is 18.9 Å². The maximum absolute atomic E-state index is 12.6. The standard InChI is InChI=1S/C16H9F3N2O3/c17-16(18,19)10-6-4-9(5-7-10)13-8-12-11(15(22)20-13)2-1-3-14(12)21(23)24/h1-8H,(H,20,22). The van der Waals surface area contributed by atoms with Crippen LogP contribution in [0.15, 0.2) is 53.3 Å². The van der Waals surface area contributed by atoms with Crippen molar-refractivity contribution in [3.8, 4) is 11.3 Å². The number of nitrogens with zero attached hydrogens (tertiary/aromatic N) is 1. The van der Waals surface area contributed by atoms with Gasteiger partial charge in [0.15, 0.2) is 0 Å². The number of halogens is 3.